The predicted octanol–water partition coefficient (Wildman–Crippen LogP) is 7.33. The van der Waals surface area contributed by atoms with Crippen LogP contribution in [0, 0.1) is 37.3 Å². The Kier molecular flexibility index (Phi) is 8.79. The Bertz CT molecular complexity index is 1420. The van der Waals surface area contributed by atoms with Crippen LogP contribution in [0.15, 0.2) is 60.9 Å². The van der Waals surface area contributed by atoms with E-state index in [1.165, 1.54) is 24.0 Å². The average molecular weight is 665 g/mol. The molecular weight excluding hydrogens is 633 g/mol. The molecule has 0 saturated heterocycles. The normalized spacial score (nSPS) is 14.7. The van der Waals surface area contributed by atoms with Crippen molar-refractivity contribution in [3.05, 3.63) is 101 Å². The van der Waals surface area contributed by atoms with E-state index in [9.17, 15) is 0 Å². The molecule has 1 aromatic carbocycles. The molecule has 1 aliphatic rings. The third kappa shape index (κ3) is 6.39. The summed E-state index contributed by atoms with van der Waals surface area (Å²) in [5, 5.41) is 8.72. The third-order valence-electron chi connectivity index (χ3n) is 7.00. The zero-order valence-corrected chi connectivity index (χ0v) is 24.7. The van der Waals surface area contributed by atoms with E-state index < -0.39 is 0 Å². The summed E-state index contributed by atoms with van der Waals surface area (Å²) in [6, 6.07) is 23.6. The minimum absolute atomic E-state index is 0. The molecule has 0 fully saturated rings. The zero-order chi connectivity index (χ0) is 25.9. The van der Waals surface area contributed by atoms with Crippen LogP contribution in [0.5, 0.6) is 0 Å². The summed E-state index contributed by atoms with van der Waals surface area (Å²) >= 11 is 0. The SMILES string of the molecule is Cc1c[c-]c(-c2cc3c(cn2)C(C)(C)CCC3(C)C)c(C)n1.N#Cc1cc[c-]c(-c2ccccn2)c1.[Ir]. The van der Waals surface area contributed by atoms with Crippen LogP contribution in [-0.4, -0.2) is 15.0 Å². The Labute approximate surface area is 234 Å². The molecule has 0 spiro atoms. The van der Waals surface area contributed by atoms with Crippen molar-refractivity contribution in [2.75, 3.05) is 0 Å². The molecule has 191 valence electrons. The molecule has 5 rings (SSSR count). The first kappa shape index (κ1) is 28.4. The van der Waals surface area contributed by atoms with Gasteiger partial charge in [0.05, 0.1) is 6.07 Å². The summed E-state index contributed by atoms with van der Waals surface area (Å²) in [6.07, 6.45) is 6.23. The van der Waals surface area contributed by atoms with Gasteiger partial charge in [0.1, 0.15) is 0 Å². The number of rotatable bonds is 2. The minimum Gasteiger partial charge on any atom is -0.354 e. The molecule has 3 aromatic heterocycles. The van der Waals surface area contributed by atoms with Gasteiger partial charge in [-0.3, -0.25) is 0 Å². The number of aryl methyl sites for hydroxylation is 2. The Balaban J connectivity index is 0.000000220. The third-order valence-corrected chi connectivity index (χ3v) is 7.00. The fourth-order valence-electron chi connectivity index (χ4n) is 4.68. The first-order valence-electron chi connectivity index (χ1n) is 12.3. The van der Waals surface area contributed by atoms with Gasteiger partial charge in [0.25, 0.3) is 0 Å². The first-order valence-corrected chi connectivity index (χ1v) is 12.3. The number of hydrogen-bond donors (Lipinski definition) is 0. The second-order valence-electron chi connectivity index (χ2n) is 10.7. The molecule has 0 atom stereocenters. The summed E-state index contributed by atoms with van der Waals surface area (Å²) in [6.45, 7) is 13.4. The van der Waals surface area contributed by atoms with Gasteiger partial charge in [-0.2, -0.15) is 5.26 Å². The Morgan fingerprint density at radius 2 is 1.62 bits per heavy atom. The summed E-state index contributed by atoms with van der Waals surface area (Å²) in [4.78, 5) is 13.5. The van der Waals surface area contributed by atoms with Gasteiger partial charge in [-0.05, 0) is 69.2 Å². The smallest absolute Gasteiger partial charge is 0.0789 e. The maximum Gasteiger partial charge on any atom is 0.0789 e. The van der Waals surface area contributed by atoms with E-state index >= 15 is 0 Å². The number of nitriles is 1. The van der Waals surface area contributed by atoms with Gasteiger partial charge in [0.15, 0.2) is 0 Å². The summed E-state index contributed by atoms with van der Waals surface area (Å²) in [5.74, 6) is 0. The number of nitrogens with zero attached hydrogens (tertiary/aromatic N) is 4. The van der Waals surface area contributed by atoms with E-state index in [0.717, 1.165) is 33.9 Å². The Morgan fingerprint density at radius 1 is 0.892 bits per heavy atom. The minimum atomic E-state index is 0. The molecule has 1 radical (unpaired) electrons. The maximum atomic E-state index is 8.72. The van der Waals surface area contributed by atoms with Crippen molar-refractivity contribution in [3.8, 4) is 28.6 Å². The van der Waals surface area contributed by atoms with Crippen LogP contribution in [-0.2, 0) is 30.9 Å². The second kappa shape index (κ2) is 11.5. The molecule has 1 aliphatic carbocycles. The number of pyridine rings is 3. The number of hydrogen-bond acceptors (Lipinski definition) is 4. The topological polar surface area (TPSA) is 62.5 Å². The number of benzene rings is 1. The predicted molar refractivity (Wildman–Crippen MR) is 144 cm³/mol. The van der Waals surface area contributed by atoms with Crippen molar-refractivity contribution in [3.63, 3.8) is 0 Å². The van der Waals surface area contributed by atoms with Gasteiger partial charge in [-0.25, -0.2) is 0 Å². The molecule has 5 heteroatoms. The van der Waals surface area contributed by atoms with Crippen molar-refractivity contribution in [2.45, 2.75) is 65.2 Å². The van der Waals surface area contributed by atoms with Crippen LogP contribution < -0.4 is 0 Å². The largest absolute Gasteiger partial charge is 0.354 e. The van der Waals surface area contributed by atoms with E-state index in [4.69, 9.17) is 10.2 Å². The molecule has 37 heavy (non-hydrogen) atoms. The van der Waals surface area contributed by atoms with Crippen molar-refractivity contribution >= 4 is 0 Å². The van der Waals surface area contributed by atoms with E-state index in [-0.39, 0.29) is 30.9 Å². The molecule has 0 bridgehead atoms. The van der Waals surface area contributed by atoms with Crippen molar-refractivity contribution in [1.82, 2.24) is 15.0 Å². The molecule has 4 aromatic rings. The molecule has 4 nitrogen and oxygen atoms in total. The Hall–Kier alpha value is -3.19. The van der Waals surface area contributed by atoms with Gasteiger partial charge in [-0.1, -0.05) is 59.7 Å². The Morgan fingerprint density at radius 3 is 2.27 bits per heavy atom. The van der Waals surface area contributed by atoms with Gasteiger partial charge < -0.3 is 15.0 Å². The summed E-state index contributed by atoms with van der Waals surface area (Å²) in [5.41, 5.74) is 9.57. The monoisotopic (exact) mass is 665 g/mol. The summed E-state index contributed by atoms with van der Waals surface area (Å²) in [7, 11) is 0. The van der Waals surface area contributed by atoms with E-state index in [2.05, 4.69) is 68.1 Å². The van der Waals surface area contributed by atoms with Crippen LogP contribution >= 0.6 is 0 Å². The van der Waals surface area contributed by atoms with E-state index in [1.807, 2.05) is 38.1 Å². The molecule has 0 aliphatic heterocycles. The second-order valence-corrected chi connectivity index (χ2v) is 10.7. The first-order chi connectivity index (χ1) is 17.1. The van der Waals surface area contributed by atoms with Crippen LogP contribution in [0.4, 0.5) is 0 Å². The van der Waals surface area contributed by atoms with E-state index in [0.29, 0.717) is 5.56 Å². The average Bonchev–Trinajstić information content (AvgIpc) is 2.88. The summed E-state index contributed by atoms with van der Waals surface area (Å²) < 4.78 is 0. The molecular formula is C32H32IrN4-2. The standard InChI is InChI=1S/C20H25N2.C12H7N2.Ir/c1-13-7-8-15(14(2)22-13)18-11-16-17(12-21-18)20(5,6)10-9-19(16,3)4;13-9-10-4-3-5-11(8-10)12-6-1-2-7-14-12;/h7,11-12H,9-10H2,1-6H3;1-4,6-8H;/q2*-1;. The van der Waals surface area contributed by atoms with Crippen LogP contribution in [0.3, 0.4) is 0 Å². The molecule has 0 unspecified atom stereocenters. The van der Waals surface area contributed by atoms with Crippen molar-refractivity contribution in [2.24, 2.45) is 0 Å². The zero-order valence-electron chi connectivity index (χ0n) is 22.3. The molecule has 0 amide bonds. The molecule has 0 N–H and O–H groups in total. The van der Waals surface area contributed by atoms with Gasteiger partial charge >= 0.3 is 0 Å². The fraction of sp³-hybridized carbons (Fsp3) is 0.312. The van der Waals surface area contributed by atoms with Gasteiger partial charge in [0.2, 0.25) is 0 Å². The van der Waals surface area contributed by atoms with Crippen LogP contribution in [0.1, 0.15) is 68.6 Å². The number of aromatic nitrogens is 3. The van der Waals surface area contributed by atoms with E-state index in [1.54, 1.807) is 24.4 Å². The van der Waals surface area contributed by atoms with Gasteiger partial charge in [-0.15, -0.1) is 47.5 Å². The van der Waals surface area contributed by atoms with Gasteiger partial charge in [0, 0.05) is 32.5 Å². The fourth-order valence-corrected chi connectivity index (χ4v) is 4.68. The van der Waals surface area contributed by atoms with Crippen molar-refractivity contribution in [1.29, 1.82) is 5.26 Å². The molecule has 3 heterocycles. The quantitative estimate of drug-likeness (QED) is 0.211. The maximum absolute atomic E-state index is 8.72. The number of fused-ring (bicyclic) bond motifs is 1. The van der Waals surface area contributed by atoms with Crippen LogP contribution in [0.2, 0.25) is 0 Å². The van der Waals surface area contributed by atoms with Crippen molar-refractivity contribution < 1.29 is 20.1 Å². The van der Waals surface area contributed by atoms with Crippen LogP contribution in [0.25, 0.3) is 22.5 Å². The molecule has 0 saturated carbocycles.